The van der Waals surface area contributed by atoms with Crippen LogP contribution in [0.25, 0.3) is 0 Å². The molecular formula is C7H12NOP. The summed E-state index contributed by atoms with van der Waals surface area (Å²) in [5.41, 5.74) is 6.09. The summed E-state index contributed by atoms with van der Waals surface area (Å²) in [5.74, 6) is 0.643. The second-order valence-electron chi connectivity index (χ2n) is 1.76. The first kappa shape index (κ1) is 9.25. The number of hydrogen-bond donors (Lipinski definition) is 1. The molecule has 2 nitrogen and oxygen atoms in total. The van der Waals surface area contributed by atoms with Gasteiger partial charge in [-0.3, -0.25) is 0 Å². The second-order valence-corrected chi connectivity index (χ2v) is 2.00. The Morgan fingerprint density at radius 3 is 2.60 bits per heavy atom. The lowest BCUT2D eigenvalue weighted by Crippen LogP contribution is -1.95. The normalized spacial score (nSPS) is 13.0. The molecule has 0 saturated carbocycles. The van der Waals surface area contributed by atoms with Crippen molar-refractivity contribution in [2.45, 2.75) is 6.92 Å². The Balaban J connectivity index is 4.23. The van der Waals surface area contributed by atoms with Gasteiger partial charge in [0.2, 0.25) is 0 Å². The van der Waals surface area contributed by atoms with Crippen LogP contribution >= 0.6 is 9.47 Å². The first-order valence-electron chi connectivity index (χ1n) is 2.84. The molecule has 3 heteroatoms. The first-order valence-corrected chi connectivity index (χ1v) is 3.31. The van der Waals surface area contributed by atoms with Crippen LogP contribution < -0.4 is 5.73 Å². The van der Waals surface area contributed by atoms with E-state index in [-0.39, 0.29) is 0 Å². The van der Waals surface area contributed by atoms with E-state index in [1.54, 1.807) is 25.2 Å². The Morgan fingerprint density at radius 1 is 1.70 bits per heavy atom. The van der Waals surface area contributed by atoms with Crippen molar-refractivity contribution in [2.75, 3.05) is 0 Å². The Kier molecular flexibility index (Phi) is 4.69. The lowest BCUT2D eigenvalue weighted by atomic mass is 10.3. The van der Waals surface area contributed by atoms with Crippen molar-refractivity contribution in [1.29, 1.82) is 0 Å². The summed E-state index contributed by atoms with van der Waals surface area (Å²) in [7, 11) is 2.13. The van der Waals surface area contributed by atoms with Crippen molar-refractivity contribution in [2.24, 2.45) is 5.73 Å². The fraction of sp³-hybridized carbons (Fsp3) is 0.143. The maximum absolute atomic E-state index is 5.44. The third-order valence-electron chi connectivity index (χ3n) is 0.899. The molecule has 0 aromatic rings. The Bertz CT molecular complexity index is 168. The lowest BCUT2D eigenvalue weighted by Gasteiger charge is -2.00. The fourth-order valence-electron chi connectivity index (χ4n) is 0.419. The molecule has 0 radical (unpaired) electrons. The molecule has 0 aromatic carbocycles. The number of allylic oxidation sites excluding steroid dienone is 4. The van der Waals surface area contributed by atoms with Crippen LogP contribution in [0, 0.1) is 0 Å². The molecule has 0 fully saturated rings. The van der Waals surface area contributed by atoms with Gasteiger partial charge in [0.15, 0.2) is 0 Å². The van der Waals surface area contributed by atoms with Gasteiger partial charge in [-0.15, -0.1) is 0 Å². The van der Waals surface area contributed by atoms with E-state index in [1.165, 1.54) is 0 Å². The van der Waals surface area contributed by atoms with Crippen molar-refractivity contribution in [3.63, 3.8) is 0 Å². The summed E-state index contributed by atoms with van der Waals surface area (Å²) in [6.45, 7) is 5.28. The van der Waals surface area contributed by atoms with Crippen molar-refractivity contribution in [3.05, 3.63) is 36.3 Å². The molecule has 0 aliphatic rings. The molecule has 0 aliphatic heterocycles. The molecule has 0 bridgehead atoms. The molecule has 0 aliphatic carbocycles. The Morgan fingerprint density at radius 2 is 2.30 bits per heavy atom. The molecule has 0 aromatic heterocycles. The Hall–Kier alpha value is -0.750. The molecule has 56 valence electrons. The zero-order valence-electron chi connectivity index (χ0n) is 6.00. The molecule has 0 spiro atoms. The third-order valence-corrected chi connectivity index (χ3v) is 1.15. The summed E-state index contributed by atoms with van der Waals surface area (Å²) >= 11 is 0. The Labute approximate surface area is 63.7 Å². The summed E-state index contributed by atoms with van der Waals surface area (Å²) in [5, 5.41) is 0. The van der Waals surface area contributed by atoms with E-state index in [0.29, 0.717) is 11.5 Å². The summed E-state index contributed by atoms with van der Waals surface area (Å²) in [4.78, 5) is 0. The van der Waals surface area contributed by atoms with Gasteiger partial charge in [-0.05, 0) is 13.0 Å². The van der Waals surface area contributed by atoms with E-state index in [4.69, 9.17) is 10.3 Å². The molecule has 0 rings (SSSR count). The highest BCUT2D eigenvalue weighted by molar-refractivity contribution is 7.10. The van der Waals surface area contributed by atoms with E-state index in [2.05, 4.69) is 16.0 Å². The SMILES string of the molecule is C=C/C=C\C(OP)=C(/C)N. The predicted octanol–water partition coefficient (Wildman–Crippen LogP) is 1.73. The van der Waals surface area contributed by atoms with Gasteiger partial charge < -0.3 is 10.3 Å². The number of hydrogen-bond acceptors (Lipinski definition) is 2. The molecule has 10 heavy (non-hydrogen) atoms. The topological polar surface area (TPSA) is 35.2 Å². The molecule has 2 N–H and O–H groups in total. The van der Waals surface area contributed by atoms with Crippen molar-refractivity contribution >= 4 is 9.47 Å². The van der Waals surface area contributed by atoms with Gasteiger partial charge in [0.25, 0.3) is 0 Å². The molecule has 1 unspecified atom stereocenters. The highest BCUT2D eigenvalue weighted by Crippen LogP contribution is 2.06. The van der Waals surface area contributed by atoms with E-state index >= 15 is 0 Å². The van der Waals surface area contributed by atoms with Crippen molar-refractivity contribution < 1.29 is 4.52 Å². The van der Waals surface area contributed by atoms with E-state index in [9.17, 15) is 0 Å². The average molecular weight is 157 g/mol. The largest absolute Gasteiger partial charge is 0.479 e. The maximum atomic E-state index is 5.44. The molecule has 1 atom stereocenters. The zero-order chi connectivity index (χ0) is 7.98. The average Bonchev–Trinajstić information content (AvgIpc) is 1.89. The van der Waals surface area contributed by atoms with Crippen molar-refractivity contribution in [3.8, 4) is 0 Å². The van der Waals surface area contributed by atoms with Crippen LogP contribution in [0.4, 0.5) is 0 Å². The van der Waals surface area contributed by atoms with Crippen LogP contribution in [0.3, 0.4) is 0 Å². The maximum Gasteiger partial charge on any atom is 0.140 e. The van der Waals surface area contributed by atoms with E-state index in [0.717, 1.165) is 0 Å². The minimum atomic E-state index is 0.643. The van der Waals surface area contributed by atoms with Gasteiger partial charge in [0.1, 0.15) is 5.76 Å². The highest BCUT2D eigenvalue weighted by atomic mass is 31.0. The summed E-state index contributed by atoms with van der Waals surface area (Å²) < 4.78 is 4.85. The molecule has 0 heterocycles. The van der Waals surface area contributed by atoms with Crippen LogP contribution in [0.5, 0.6) is 0 Å². The standard InChI is InChI=1S/C7H12NOP/c1-3-4-5-7(9-10)6(2)8/h3-5H,1,8,10H2,2H3/b5-4-,7-6-. The number of rotatable bonds is 3. The third kappa shape index (κ3) is 3.31. The van der Waals surface area contributed by atoms with Crippen molar-refractivity contribution in [1.82, 2.24) is 0 Å². The highest BCUT2D eigenvalue weighted by Gasteiger charge is 1.90. The fourth-order valence-corrected chi connectivity index (χ4v) is 0.684. The van der Waals surface area contributed by atoms with E-state index < -0.39 is 0 Å². The minimum Gasteiger partial charge on any atom is -0.479 e. The smallest absolute Gasteiger partial charge is 0.140 e. The van der Waals surface area contributed by atoms with Crippen LogP contribution in [-0.2, 0) is 4.52 Å². The second kappa shape index (κ2) is 5.07. The predicted molar refractivity (Wildman–Crippen MR) is 47.0 cm³/mol. The number of nitrogens with two attached hydrogens (primary N) is 1. The van der Waals surface area contributed by atoms with Gasteiger partial charge in [-0.25, -0.2) is 0 Å². The van der Waals surface area contributed by atoms with Crippen LogP contribution in [-0.4, -0.2) is 0 Å². The lowest BCUT2D eigenvalue weighted by molar-refractivity contribution is 0.511. The quantitative estimate of drug-likeness (QED) is 0.384. The monoisotopic (exact) mass is 157 g/mol. The molecular weight excluding hydrogens is 145 g/mol. The van der Waals surface area contributed by atoms with Gasteiger partial charge in [0.05, 0.1) is 9.47 Å². The van der Waals surface area contributed by atoms with Gasteiger partial charge in [0, 0.05) is 5.70 Å². The molecule has 0 amide bonds. The van der Waals surface area contributed by atoms with Crippen LogP contribution in [0.2, 0.25) is 0 Å². The summed E-state index contributed by atoms with van der Waals surface area (Å²) in [6, 6.07) is 0. The van der Waals surface area contributed by atoms with Gasteiger partial charge >= 0.3 is 0 Å². The minimum absolute atomic E-state index is 0.643. The summed E-state index contributed by atoms with van der Waals surface area (Å²) in [6.07, 6.45) is 5.16. The van der Waals surface area contributed by atoms with Crippen LogP contribution in [0.15, 0.2) is 36.3 Å². The first-order chi connectivity index (χ1) is 4.72. The van der Waals surface area contributed by atoms with Gasteiger partial charge in [-0.2, -0.15) is 0 Å². The van der Waals surface area contributed by atoms with Gasteiger partial charge in [-0.1, -0.05) is 18.7 Å². The van der Waals surface area contributed by atoms with E-state index in [1.807, 2.05) is 0 Å². The molecule has 0 saturated heterocycles. The zero-order valence-corrected chi connectivity index (χ0v) is 7.16. The van der Waals surface area contributed by atoms with Crippen LogP contribution in [0.1, 0.15) is 6.92 Å².